The summed E-state index contributed by atoms with van der Waals surface area (Å²) in [5.41, 5.74) is 2.39. The van der Waals surface area contributed by atoms with E-state index in [0.717, 1.165) is 5.56 Å². The molecule has 27 heavy (non-hydrogen) atoms. The van der Waals surface area contributed by atoms with Crippen LogP contribution in [0.25, 0.3) is 0 Å². The summed E-state index contributed by atoms with van der Waals surface area (Å²) in [5, 5.41) is 5.35. The summed E-state index contributed by atoms with van der Waals surface area (Å²) in [6.07, 6.45) is 0.404. The number of rotatable bonds is 9. The molecule has 0 heterocycles. The topological polar surface area (TPSA) is 75.3 Å². The lowest BCUT2D eigenvalue weighted by atomic mass is 10.1. The van der Waals surface area contributed by atoms with Gasteiger partial charge in [-0.25, -0.2) is 4.39 Å². The molecular weight excluding hydrogens is 347 g/mol. The molecule has 0 aliphatic heterocycles. The van der Waals surface area contributed by atoms with Crippen LogP contribution in [0.1, 0.15) is 34.3 Å². The highest BCUT2D eigenvalue weighted by atomic mass is 19.1. The standard InChI is InChI=1S/C21H23FN2O3/c1-15-2-6-17(7-3-15)19(25)10-11-20(26)23-12-13-24-21(27)14-16-4-8-18(22)9-5-16/h2-9H,10-14H2,1H3,(H,23,26)(H,24,27). The van der Waals surface area contributed by atoms with Gasteiger partial charge in [-0.2, -0.15) is 0 Å². The van der Waals surface area contributed by atoms with E-state index in [-0.39, 0.29) is 55.8 Å². The van der Waals surface area contributed by atoms with Crippen LogP contribution in [0.4, 0.5) is 4.39 Å². The highest BCUT2D eigenvalue weighted by Crippen LogP contribution is 2.07. The van der Waals surface area contributed by atoms with Crippen molar-refractivity contribution < 1.29 is 18.8 Å². The van der Waals surface area contributed by atoms with E-state index < -0.39 is 0 Å². The molecule has 142 valence electrons. The molecule has 2 N–H and O–H groups in total. The summed E-state index contributed by atoms with van der Waals surface area (Å²) >= 11 is 0. The second-order valence-corrected chi connectivity index (χ2v) is 6.29. The minimum atomic E-state index is -0.345. The molecule has 0 bridgehead atoms. The maximum Gasteiger partial charge on any atom is 0.224 e. The fraction of sp³-hybridized carbons (Fsp3) is 0.286. The van der Waals surface area contributed by atoms with E-state index in [0.29, 0.717) is 11.1 Å². The van der Waals surface area contributed by atoms with Crippen LogP contribution in [-0.4, -0.2) is 30.7 Å². The van der Waals surface area contributed by atoms with Gasteiger partial charge in [0, 0.05) is 31.5 Å². The first-order valence-electron chi connectivity index (χ1n) is 8.82. The van der Waals surface area contributed by atoms with Gasteiger partial charge in [0.05, 0.1) is 6.42 Å². The van der Waals surface area contributed by atoms with Crippen molar-refractivity contribution >= 4 is 17.6 Å². The van der Waals surface area contributed by atoms with E-state index in [9.17, 15) is 18.8 Å². The quantitative estimate of drug-likeness (QED) is 0.526. The largest absolute Gasteiger partial charge is 0.354 e. The van der Waals surface area contributed by atoms with Crippen molar-refractivity contribution in [1.29, 1.82) is 0 Å². The van der Waals surface area contributed by atoms with E-state index in [2.05, 4.69) is 10.6 Å². The van der Waals surface area contributed by atoms with E-state index >= 15 is 0 Å². The fourth-order valence-corrected chi connectivity index (χ4v) is 2.45. The summed E-state index contributed by atoms with van der Waals surface area (Å²) in [5.74, 6) is -0.853. The molecular formula is C21H23FN2O3. The summed E-state index contributed by atoms with van der Waals surface area (Å²) in [4.78, 5) is 35.6. The predicted octanol–water partition coefficient (Wildman–Crippen LogP) is 2.57. The van der Waals surface area contributed by atoms with Gasteiger partial charge in [-0.15, -0.1) is 0 Å². The Labute approximate surface area is 158 Å². The van der Waals surface area contributed by atoms with Gasteiger partial charge >= 0.3 is 0 Å². The lowest BCUT2D eigenvalue weighted by molar-refractivity contribution is -0.122. The number of carbonyl (C=O) groups excluding carboxylic acids is 3. The zero-order chi connectivity index (χ0) is 19.6. The number of nitrogens with one attached hydrogen (secondary N) is 2. The van der Waals surface area contributed by atoms with Crippen molar-refractivity contribution in [3.8, 4) is 0 Å². The third-order valence-electron chi connectivity index (χ3n) is 4.00. The molecule has 2 aromatic carbocycles. The Morgan fingerprint density at radius 1 is 0.815 bits per heavy atom. The van der Waals surface area contributed by atoms with Gasteiger partial charge in [-0.05, 0) is 24.6 Å². The molecule has 0 aliphatic carbocycles. The van der Waals surface area contributed by atoms with Crippen LogP contribution in [0.5, 0.6) is 0 Å². The van der Waals surface area contributed by atoms with E-state index in [1.807, 2.05) is 19.1 Å². The van der Waals surface area contributed by atoms with Crippen molar-refractivity contribution in [1.82, 2.24) is 10.6 Å². The molecule has 0 aromatic heterocycles. The van der Waals surface area contributed by atoms with E-state index in [4.69, 9.17) is 0 Å². The number of amides is 2. The van der Waals surface area contributed by atoms with Crippen LogP contribution in [0.15, 0.2) is 48.5 Å². The average Bonchev–Trinajstić information content (AvgIpc) is 2.66. The number of hydrogen-bond donors (Lipinski definition) is 2. The van der Waals surface area contributed by atoms with E-state index in [1.54, 1.807) is 24.3 Å². The van der Waals surface area contributed by atoms with Crippen molar-refractivity contribution in [2.24, 2.45) is 0 Å². The molecule has 0 radical (unpaired) electrons. The first-order chi connectivity index (χ1) is 12.9. The SMILES string of the molecule is Cc1ccc(C(=O)CCC(=O)NCCNC(=O)Cc2ccc(F)cc2)cc1. The van der Waals surface area contributed by atoms with Crippen molar-refractivity contribution in [2.75, 3.05) is 13.1 Å². The van der Waals surface area contributed by atoms with Crippen molar-refractivity contribution in [3.05, 3.63) is 71.0 Å². The molecule has 0 atom stereocenters. The molecule has 0 aliphatic rings. The van der Waals surface area contributed by atoms with Crippen LogP contribution < -0.4 is 10.6 Å². The molecule has 0 spiro atoms. The summed E-state index contributed by atoms with van der Waals surface area (Å²) in [7, 11) is 0. The highest BCUT2D eigenvalue weighted by molar-refractivity contribution is 5.97. The van der Waals surface area contributed by atoms with Crippen molar-refractivity contribution in [2.45, 2.75) is 26.2 Å². The highest BCUT2D eigenvalue weighted by Gasteiger charge is 2.09. The van der Waals surface area contributed by atoms with Crippen LogP contribution in [-0.2, 0) is 16.0 Å². The molecule has 2 aromatic rings. The van der Waals surface area contributed by atoms with Gasteiger partial charge in [0.2, 0.25) is 11.8 Å². The Kier molecular flexibility index (Phi) is 7.67. The number of ketones is 1. The Morgan fingerprint density at radius 2 is 1.41 bits per heavy atom. The average molecular weight is 370 g/mol. The van der Waals surface area contributed by atoms with Crippen LogP contribution in [0.2, 0.25) is 0 Å². The van der Waals surface area contributed by atoms with Gasteiger partial charge in [0.1, 0.15) is 5.82 Å². The molecule has 6 heteroatoms. The number of aryl methyl sites for hydroxylation is 1. The Hall–Kier alpha value is -3.02. The molecule has 5 nitrogen and oxygen atoms in total. The number of Topliss-reactive ketones (excluding diaryl/α,β-unsaturated/α-hetero) is 1. The monoisotopic (exact) mass is 370 g/mol. The van der Waals surface area contributed by atoms with Gasteiger partial charge in [0.15, 0.2) is 5.78 Å². The first kappa shape index (κ1) is 20.3. The first-order valence-corrected chi connectivity index (χ1v) is 8.82. The number of carbonyl (C=O) groups is 3. The molecule has 2 amide bonds. The van der Waals surface area contributed by atoms with E-state index in [1.165, 1.54) is 12.1 Å². The molecule has 0 fully saturated rings. The predicted molar refractivity (Wildman–Crippen MR) is 101 cm³/mol. The fourth-order valence-electron chi connectivity index (χ4n) is 2.45. The third kappa shape index (κ3) is 7.40. The smallest absolute Gasteiger partial charge is 0.224 e. The summed E-state index contributed by atoms with van der Waals surface area (Å²) in [6.45, 7) is 2.52. The normalized spacial score (nSPS) is 10.3. The number of benzene rings is 2. The second-order valence-electron chi connectivity index (χ2n) is 6.29. The van der Waals surface area contributed by atoms with Gasteiger partial charge in [0.25, 0.3) is 0 Å². The maximum absolute atomic E-state index is 12.8. The van der Waals surface area contributed by atoms with Crippen LogP contribution in [0, 0.1) is 12.7 Å². The Morgan fingerprint density at radius 3 is 2.04 bits per heavy atom. The van der Waals surface area contributed by atoms with Gasteiger partial charge in [-0.1, -0.05) is 42.0 Å². The zero-order valence-electron chi connectivity index (χ0n) is 15.3. The maximum atomic E-state index is 12.8. The summed E-state index contributed by atoms with van der Waals surface area (Å²) < 4.78 is 12.8. The minimum absolute atomic E-state index is 0.0715. The van der Waals surface area contributed by atoms with Gasteiger partial charge < -0.3 is 10.6 Å². The molecule has 0 saturated carbocycles. The van der Waals surface area contributed by atoms with Crippen LogP contribution in [0.3, 0.4) is 0 Å². The van der Waals surface area contributed by atoms with Gasteiger partial charge in [-0.3, -0.25) is 14.4 Å². The Bertz CT molecular complexity index is 786. The summed E-state index contributed by atoms with van der Waals surface area (Å²) in [6, 6.07) is 13.0. The molecule has 0 saturated heterocycles. The molecule has 0 unspecified atom stereocenters. The lowest BCUT2D eigenvalue weighted by Crippen LogP contribution is -2.35. The molecule has 2 rings (SSSR count). The third-order valence-corrected chi connectivity index (χ3v) is 4.00. The second kappa shape index (κ2) is 10.2. The number of hydrogen-bond acceptors (Lipinski definition) is 3. The van der Waals surface area contributed by atoms with Crippen molar-refractivity contribution in [3.63, 3.8) is 0 Å². The zero-order valence-corrected chi connectivity index (χ0v) is 15.3. The number of halogens is 1. The lowest BCUT2D eigenvalue weighted by Gasteiger charge is -2.07. The van der Waals surface area contributed by atoms with Crippen LogP contribution >= 0.6 is 0 Å². The minimum Gasteiger partial charge on any atom is -0.354 e. The Balaban J connectivity index is 1.60.